The molecule has 1 aromatic heterocycles. The first-order valence-corrected chi connectivity index (χ1v) is 6.55. The lowest BCUT2D eigenvalue weighted by Gasteiger charge is -2.10. The minimum absolute atomic E-state index is 0.0935. The number of amides is 1. The molecule has 0 saturated heterocycles. The van der Waals surface area contributed by atoms with Gasteiger partial charge in [0.1, 0.15) is 0 Å². The highest BCUT2D eigenvalue weighted by Crippen LogP contribution is 2.08. The van der Waals surface area contributed by atoms with E-state index in [1.165, 1.54) is 5.56 Å². The summed E-state index contributed by atoms with van der Waals surface area (Å²) in [6.07, 6.45) is 2.09. The van der Waals surface area contributed by atoms with E-state index < -0.39 is 0 Å². The molecule has 90 valence electrons. The topological polar surface area (TPSA) is 49.3 Å². The number of thiophene rings is 1. The Hall–Kier alpha value is -0.870. The molecule has 3 nitrogen and oxygen atoms in total. The van der Waals surface area contributed by atoms with Gasteiger partial charge in [-0.15, -0.1) is 0 Å². The van der Waals surface area contributed by atoms with Crippen molar-refractivity contribution in [3.8, 4) is 0 Å². The van der Waals surface area contributed by atoms with Gasteiger partial charge < -0.3 is 10.4 Å². The first kappa shape index (κ1) is 13.2. The second-order valence-electron chi connectivity index (χ2n) is 4.05. The number of hydrogen-bond donors (Lipinski definition) is 2. The Bertz CT molecular complexity index is 298. The highest BCUT2D eigenvalue weighted by molar-refractivity contribution is 7.07. The van der Waals surface area contributed by atoms with E-state index in [2.05, 4.69) is 10.7 Å². The van der Waals surface area contributed by atoms with Crippen LogP contribution in [0, 0.1) is 5.92 Å². The smallest absolute Gasteiger partial charge is 0.220 e. The molecule has 1 rings (SSSR count). The van der Waals surface area contributed by atoms with Gasteiger partial charge in [-0.1, -0.05) is 6.92 Å². The Morgan fingerprint density at radius 1 is 1.62 bits per heavy atom. The van der Waals surface area contributed by atoms with E-state index >= 15 is 0 Å². The van der Waals surface area contributed by atoms with Gasteiger partial charge in [0.2, 0.25) is 5.91 Å². The molecular formula is C12H19NO2S. The van der Waals surface area contributed by atoms with Crippen LogP contribution in [0.5, 0.6) is 0 Å². The average molecular weight is 241 g/mol. The highest BCUT2D eigenvalue weighted by atomic mass is 32.1. The highest BCUT2D eigenvalue weighted by Gasteiger charge is 2.05. The number of aliphatic hydroxyl groups excluding tert-OH is 1. The Morgan fingerprint density at radius 3 is 3.06 bits per heavy atom. The molecule has 2 N–H and O–H groups in total. The quantitative estimate of drug-likeness (QED) is 0.765. The van der Waals surface area contributed by atoms with Crippen molar-refractivity contribution in [2.24, 2.45) is 5.92 Å². The number of carbonyl (C=O) groups excluding carboxylic acids is 1. The number of rotatable bonds is 7. The predicted octanol–water partition coefficient (Wildman–Crippen LogP) is 1.82. The molecule has 1 amide bonds. The van der Waals surface area contributed by atoms with E-state index in [9.17, 15) is 4.79 Å². The first-order valence-electron chi connectivity index (χ1n) is 5.61. The lowest BCUT2D eigenvalue weighted by Crippen LogP contribution is -2.28. The third kappa shape index (κ3) is 5.28. The molecule has 4 heteroatoms. The predicted molar refractivity (Wildman–Crippen MR) is 66.5 cm³/mol. The maximum atomic E-state index is 11.5. The molecule has 0 fully saturated rings. The summed E-state index contributed by atoms with van der Waals surface area (Å²) in [5, 5.41) is 15.7. The van der Waals surface area contributed by atoms with Gasteiger partial charge in [0.15, 0.2) is 0 Å². The molecule has 0 spiro atoms. The van der Waals surface area contributed by atoms with Crippen LogP contribution in [0.2, 0.25) is 0 Å². The molecule has 0 bridgehead atoms. The van der Waals surface area contributed by atoms with Crippen LogP contribution < -0.4 is 5.32 Å². The summed E-state index contributed by atoms with van der Waals surface area (Å²) < 4.78 is 0. The van der Waals surface area contributed by atoms with Gasteiger partial charge in [-0.25, -0.2) is 0 Å². The van der Waals surface area contributed by atoms with Crippen LogP contribution in [0.15, 0.2) is 16.8 Å². The standard InChI is InChI=1S/C12H19NO2S/c1-10(4-6-14)8-13-12(15)3-2-11-5-7-16-9-11/h5,7,9-10,14H,2-4,6,8H2,1H3,(H,13,15). The molecule has 0 aromatic carbocycles. The first-order chi connectivity index (χ1) is 7.72. The zero-order valence-corrected chi connectivity index (χ0v) is 10.4. The number of carbonyl (C=O) groups is 1. The number of aliphatic hydroxyl groups is 1. The van der Waals surface area contributed by atoms with E-state index in [4.69, 9.17) is 5.11 Å². The monoisotopic (exact) mass is 241 g/mol. The lowest BCUT2D eigenvalue weighted by atomic mass is 10.1. The van der Waals surface area contributed by atoms with Gasteiger partial charge in [-0.2, -0.15) is 11.3 Å². The fourth-order valence-electron chi connectivity index (χ4n) is 1.39. The molecule has 16 heavy (non-hydrogen) atoms. The van der Waals surface area contributed by atoms with Crippen molar-refractivity contribution in [3.63, 3.8) is 0 Å². The summed E-state index contributed by atoms with van der Waals surface area (Å²) in [5.41, 5.74) is 1.23. The van der Waals surface area contributed by atoms with Gasteiger partial charge in [0.25, 0.3) is 0 Å². The second-order valence-corrected chi connectivity index (χ2v) is 4.83. The van der Waals surface area contributed by atoms with Crippen LogP contribution in [0.4, 0.5) is 0 Å². The van der Waals surface area contributed by atoms with Crippen LogP contribution in [0.1, 0.15) is 25.3 Å². The molecule has 0 aliphatic rings. The zero-order valence-electron chi connectivity index (χ0n) is 9.61. The Morgan fingerprint density at radius 2 is 2.44 bits per heavy atom. The van der Waals surface area contributed by atoms with Gasteiger partial charge >= 0.3 is 0 Å². The molecule has 0 radical (unpaired) electrons. The van der Waals surface area contributed by atoms with E-state index in [0.717, 1.165) is 12.8 Å². The SMILES string of the molecule is CC(CCO)CNC(=O)CCc1ccsc1. The van der Waals surface area contributed by atoms with Gasteiger partial charge in [-0.3, -0.25) is 4.79 Å². The van der Waals surface area contributed by atoms with E-state index in [-0.39, 0.29) is 12.5 Å². The number of nitrogens with one attached hydrogen (secondary N) is 1. The normalized spacial score (nSPS) is 12.4. The molecule has 0 aliphatic carbocycles. The van der Waals surface area contributed by atoms with E-state index in [0.29, 0.717) is 18.9 Å². The average Bonchev–Trinajstić information content (AvgIpc) is 2.77. The zero-order chi connectivity index (χ0) is 11.8. The Labute approximate surface area is 100 Å². The number of aryl methyl sites for hydroxylation is 1. The summed E-state index contributed by atoms with van der Waals surface area (Å²) in [4.78, 5) is 11.5. The van der Waals surface area contributed by atoms with Crippen molar-refractivity contribution in [3.05, 3.63) is 22.4 Å². The van der Waals surface area contributed by atoms with Crippen molar-refractivity contribution in [2.45, 2.75) is 26.2 Å². The molecule has 0 saturated carbocycles. The van der Waals surface area contributed by atoms with Crippen LogP contribution >= 0.6 is 11.3 Å². The van der Waals surface area contributed by atoms with Gasteiger partial charge in [0, 0.05) is 19.6 Å². The summed E-state index contributed by atoms with van der Waals surface area (Å²) >= 11 is 1.66. The minimum atomic E-state index is 0.0935. The largest absolute Gasteiger partial charge is 0.396 e. The fourth-order valence-corrected chi connectivity index (χ4v) is 2.09. The lowest BCUT2D eigenvalue weighted by molar-refractivity contribution is -0.121. The Kier molecular flexibility index (Phi) is 6.11. The molecule has 1 unspecified atom stereocenters. The van der Waals surface area contributed by atoms with Crippen molar-refractivity contribution >= 4 is 17.2 Å². The van der Waals surface area contributed by atoms with Crippen molar-refractivity contribution < 1.29 is 9.90 Å². The molecule has 1 aromatic rings. The van der Waals surface area contributed by atoms with Crippen LogP contribution in [-0.4, -0.2) is 24.2 Å². The summed E-state index contributed by atoms with van der Waals surface area (Å²) in [7, 11) is 0. The summed E-state index contributed by atoms with van der Waals surface area (Å²) in [6.45, 7) is 2.87. The van der Waals surface area contributed by atoms with Crippen molar-refractivity contribution in [1.82, 2.24) is 5.32 Å². The van der Waals surface area contributed by atoms with Crippen molar-refractivity contribution in [2.75, 3.05) is 13.2 Å². The van der Waals surface area contributed by atoms with Crippen molar-refractivity contribution in [1.29, 1.82) is 0 Å². The van der Waals surface area contributed by atoms with E-state index in [1.807, 2.05) is 18.4 Å². The molecule has 0 aliphatic heterocycles. The summed E-state index contributed by atoms with van der Waals surface area (Å²) in [5.74, 6) is 0.436. The number of hydrogen-bond acceptors (Lipinski definition) is 3. The maximum absolute atomic E-state index is 11.5. The van der Waals surface area contributed by atoms with E-state index in [1.54, 1.807) is 11.3 Å². The summed E-state index contributed by atoms with van der Waals surface area (Å²) in [6, 6.07) is 2.05. The molecule has 1 heterocycles. The van der Waals surface area contributed by atoms with Crippen LogP contribution in [-0.2, 0) is 11.2 Å². The second kappa shape index (κ2) is 7.41. The molecule has 1 atom stereocenters. The maximum Gasteiger partial charge on any atom is 0.220 e. The third-order valence-electron chi connectivity index (χ3n) is 2.49. The van der Waals surface area contributed by atoms with Crippen LogP contribution in [0.25, 0.3) is 0 Å². The Balaban J connectivity index is 2.11. The molecular weight excluding hydrogens is 222 g/mol. The van der Waals surface area contributed by atoms with Gasteiger partial charge in [0.05, 0.1) is 0 Å². The fraction of sp³-hybridized carbons (Fsp3) is 0.583. The van der Waals surface area contributed by atoms with Crippen LogP contribution in [0.3, 0.4) is 0 Å². The third-order valence-corrected chi connectivity index (χ3v) is 3.22. The minimum Gasteiger partial charge on any atom is -0.396 e. The van der Waals surface area contributed by atoms with Gasteiger partial charge in [-0.05, 0) is 41.1 Å².